The van der Waals surface area contributed by atoms with Gasteiger partial charge in [0.05, 0.1) is 12.0 Å². The lowest BCUT2D eigenvalue weighted by molar-refractivity contribution is -0.127. The summed E-state index contributed by atoms with van der Waals surface area (Å²) in [5, 5.41) is 13.2. The van der Waals surface area contributed by atoms with Crippen molar-refractivity contribution in [3.63, 3.8) is 0 Å². The van der Waals surface area contributed by atoms with Gasteiger partial charge in [-0.15, -0.1) is 0 Å². The number of rotatable bonds is 3. The summed E-state index contributed by atoms with van der Waals surface area (Å²) in [6.45, 7) is 2.66. The number of nitrogens with one attached hydrogen (secondary N) is 1. The first kappa shape index (κ1) is 14.8. The second-order valence-corrected chi connectivity index (χ2v) is 5.99. The van der Waals surface area contributed by atoms with E-state index in [9.17, 15) is 9.90 Å². The van der Waals surface area contributed by atoms with Crippen LogP contribution in [0.1, 0.15) is 45.4 Å². The number of ether oxygens (including phenoxy) is 1. The normalized spacial score (nSPS) is 39.8. The Kier molecular flexibility index (Phi) is 4.81. The number of hydrogen-bond donors (Lipinski definition) is 3. The Bertz CT molecular complexity index is 324. The van der Waals surface area contributed by atoms with E-state index in [2.05, 4.69) is 5.32 Å². The van der Waals surface area contributed by atoms with Crippen LogP contribution in [0.4, 0.5) is 0 Å². The van der Waals surface area contributed by atoms with Gasteiger partial charge >= 0.3 is 0 Å². The van der Waals surface area contributed by atoms with Gasteiger partial charge in [0.15, 0.2) is 0 Å². The van der Waals surface area contributed by atoms with E-state index >= 15 is 0 Å². The highest BCUT2D eigenvalue weighted by Gasteiger charge is 2.40. The molecule has 0 radical (unpaired) electrons. The maximum absolute atomic E-state index is 12.2. The molecule has 4 unspecified atom stereocenters. The molecule has 0 spiro atoms. The molecular formula is C14H26N2O3. The molecule has 0 aromatic rings. The van der Waals surface area contributed by atoms with Gasteiger partial charge < -0.3 is 20.9 Å². The second kappa shape index (κ2) is 6.20. The molecule has 5 nitrogen and oxygen atoms in total. The summed E-state index contributed by atoms with van der Waals surface area (Å²) in [6.07, 6.45) is 5.46. The highest BCUT2D eigenvalue weighted by atomic mass is 16.5. The van der Waals surface area contributed by atoms with Crippen molar-refractivity contribution < 1.29 is 14.6 Å². The third-order valence-corrected chi connectivity index (χ3v) is 4.63. The molecule has 1 saturated heterocycles. The highest BCUT2D eigenvalue weighted by molar-refractivity contribution is 5.79. The quantitative estimate of drug-likeness (QED) is 0.654. The number of aliphatic hydroxyl groups is 1. The molecule has 2 aliphatic rings. The zero-order valence-corrected chi connectivity index (χ0v) is 11.7. The van der Waals surface area contributed by atoms with Gasteiger partial charge in [-0.2, -0.15) is 0 Å². The summed E-state index contributed by atoms with van der Waals surface area (Å²) >= 11 is 0. The SMILES string of the molecule is CC1OCCC1(O)CNC(=O)C1CCCCCC1N. The monoisotopic (exact) mass is 270 g/mol. The molecule has 1 aliphatic heterocycles. The molecule has 4 atom stereocenters. The molecular weight excluding hydrogens is 244 g/mol. The van der Waals surface area contributed by atoms with Crippen LogP contribution in [-0.2, 0) is 9.53 Å². The van der Waals surface area contributed by atoms with Crippen LogP contribution in [0.2, 0.25) is 0 Å². The summed E-state index contributed by atoms with van der Waals surface area (Å²) in [4.78, 5) is 12.2. The molecule has 5 heteroatoms. The van der Waals surface area contributed by atoms with Crippen LogP contribution < -0.4 is 11.1 Å². The van der Waals surface area contributed by atoms with Crippen molar-refractivity contribution in [1.29, 1.82) is 0 Å². The van der Waals surface area contributed by atoms with Gasteiger partial charge in [0, 0.05) is 25.6 Å². The van der Waals surface area contributed by atoms with Gasteiger partial charge in [0.1, 0.15) is 5.60 Å². The summed E-state index contributed by atoms with van der Waals surface area (Å²) < 4.78 is 5.36. The van der Waals surface area contributed by atoms with Gasteiger partial charge in [-0.05, 0) is 19.8 Å². The van der Waals surface area contributed by atoms with Crippen molar-refractivity contribution in [3.8, 4) is 0 Å². The van der Waals surface area contributed by atoms with E-state index in [1.807, 2.05) is 6.92 Å². The van der Waals surface area contributed by atoms with Crippen molar-refractivity contribution in [2.24, 2.45) is 11.7 Å². The average molecular weight is 270 g/mol. The fourth-order valence-electron chi connectivity index (χ4n) is 3.04. The van der Waals surface area contributed by atoms with Crippen molar-refractivity contribution in [1.82, 2.24) is 5.32 Å². The van der Waals surface area contributed by atoms with Crippen LogP contribution in [0.3, 0.4) is 0 Å². The first-order chi connectivity index (χ1) is 9.03. The van der Waals surface area contributed by atoms with Crippen LogP contribution in [-0.4, -0.2) is 41.9 Å². The summed E-state index contributed by atoms with van der Waals surface area (Å²) in [5.74, 6) is -0.120. The molecule has 2 rings (SSSR count). The fraction of sp³-hybridized carbons (Fsp3) is 0.929. The third kappa shape index (κ3) is 3.46. The van der Waals surface area contributed by atoms with Crippen LogP contribution in [0.25, 0.3) is 0 Å². The zero-order chi connectivity index (χ0) is 13.9. The maximum Gasteiger partial charge on any atom is 0.224 e. The topological polar surface area (TPSA) is 84.6 Å². The second-order valence-electron chi connectivity index (χ2n) is 5.99. The van der Waals surface area contributed by atoms with Gasteiger partial charge in [-0.1, -0.05) is 19.3 Å². The molecule has 2 fully saturated rings. The predicted octanol–water partition coefficient (Wildman–Crippen LogP) is 0.550. The Labute approximate surface area is 114 Å². The number of hydrogen-bond acceptors (Lipinski definition) is 4. The maximum atomic E-state index is 12.2. The minimum absolute atomic E-state index is 0.0121. The molecule has 0 aromatic heterocycles. The van der Waals surface area contributed by atoms with Crippen LogP contribution in [0.15, 0.2) is 0 Å². The van der Waals surface area contributed by atoms with Crippen LogP contribution >= 0.6 is 0 Å². The summed E-state index contributed by atoms with van der Waals surface area (Å²) in [7, 11) is 0. The van der Waals surface area contributed by atoms with Gasteiger partial charge in [0.25, 0.3) is 0 Å². The average Bonchev–Trinajstić information content (AvgIpc) is 2.59. The predicted molar refractivity (Wildman–Crippen MR) is 72.5 cm³/mol. The van der Waals surface area contributed by atoms with Crippen LogP contribution in [0, 0.1) is 5.92 Å². The molecule has 0 aromatic carbocycles. The van der Waals surface area contributed by atoms with Gasteiger partial charge in [0.2, 0.25) is 5.91 Å². The molecule has 110 valence electrons. The van der Waals surface area contributed by atoms with Crippen molar-refractivity contribution in [2.45, 2.75) is 63.2 Å². The number of amides is 1. The zero-order valence-electron chi connectivity index (χ0n) is 11.7. The Hall–Kier alpha value is -0.650. The third-order valence-electron chi connectivity index (χ3n) is 4.63. The number of nitrogens with two attached hydrogens (primary N) is 1. The smallest absolute Gasteiger partial charge is 0.224 e. The van der Waals surface area contributed by atoms with Crippen LogP contribution in [0.5, 0.6) is 0 Å². The molecule has 0 bridgehead atoms. The Morgan fingerprint density at radius 3 is 2.84 bits per heavy atom. The lowest BCUT2D eigenvalue weighted by atomic mass is 9.93. The first-order valence-electron chi connectivity index (χ1n) is 7.40. The molecule has 1 amide bonds. The Morgan fingerprint density at radius 1 is 1.42 bits per heavy atom. The molecule has 4 N–H and O–H groups in total. The van der Waals surface area contributed by atoms with Crippen molar-refractivity contribution in [2.75, 3.05) is 13.2 Å². The molecule has 1 aliphatic carbocycles. The van der Waals surface area contributed by atoms with E-state index in [0.29, 0.717) is 13.0 Å². The minimum atomic E-state index is -0.926. The standard InChI is InChI=1S/C14H26N2O3/c1-10-14(18,7-8-19-10)9-16-13(17)11-5-3-2-4-6-12(11)15/h10-12,18H,2-9,15H2,1H3,(H,16,17). The number of carbonyl (C=O) groups excluding carboxylic acids is 1. The molecule has 19 heavy (non-hydrogen) atoms. The van der Waals surface area contributed by atoms with E-state index in [-0.39, 0.29) is 30.5 Å². The number of carbonyl (C=O) groups is 1. The highest BCUT2D eigenvalue weighted by Crippen LogP contribution is 2.26. The minimum Gasteiger partial charge on any atom is -0.385 e. The Balaban J connectivity index is 1.86. The van der Waals surface area contributed by atoms with Gasteiger partial charge in [-0.3, -0.25) is 4.79 Å². The Morgan fingerprint density at radius 2 is 2.16 bits per heavy atom. The lowest BCUT2D eigenvalue weighted by Crippen LogP contribution is -2.50. The van der Waals surface area contributed by atoms with E-state index in [1.54, 1.807) is 0 Å². The fourth-order valence-corrected chi connectivity index (χ4v) is 3.04. The van der Waals surface area contributed by atoms with E-state index < -0.39 is 5.60 Å². The summed E-state index contributed by atoms with van der Waals surface area (Å²) in [6, 6.07) is -0.0469. The van der Waals surface area contributed by atoms with Crippen molar-refractivity contribution in [3.05, 3.63) is 0 Å². The summed E-state index contributed by atoms with van der Waals surface area (Å²) in [5.41, 5.74) is 5.15. The van der Waals surface area contributed by atoms with Crippen molar-refractivity contribution >= 4 is 5.91 Å². The molecule has 1 saturated carbocycles. The first-order valence-corrected chi connectivity index (χ1v) is 7.40. The molecule has 1 heterocycles. The van der Waals surface area contributed by atoms with E-state index in [0.717, 1.165) is 32.1 Å². The van der Waals surface area contributed by atoms with E-state index in [1.165, 1.54) is 0 Å². The van der Waals surface area contributed by atoms with E-state index in [4.69, 9.17) is 10.5 Å². The van der Waals surface area contributed by atoms with Gasteiger partial charge in [-0.25, -0.2) is 0 Å². The largest absolute Gasteiger partial charge is 0.385 e. The lowest BCUT2D eigenvalue weighted by Gasteiger charge is -2.28.